The van der Waals surface area contributed by atoms with Gasteiger partial charge in [0.25, 0.3) is 5.91 Å². The predicted molar refractivity (Wildman–Crippen MR) is 72.8 cm³/mol. The number of hydrazine groups is 1. The lowest BCUT2D eigenvalue weighted by atomic mass is 9.90. The van der Waals surface area contributed by atoms with E-state index in [-0.39, 0.29) is 5.91 Å². The molecule has 3 rings (SSSR count). The zero-order valence-electron chi connectivity index (χ0n) is 11.5. The quantitative estimate of drug-likeness (QED) is 0.490. The number of rotatable bonds is 3. The molecule has 6 heteroatoms. The van der Waals surface area contributed by atoms with Crippen LogP contribution in [0.3, 0.4) is 0 Å². The molecule has 1 aliphatic carbocycles. The molecule has 1 aromatic heterocycles. The van der Waals surface area contributed by atoms with Crippen LogP contribution in [0.2, 0.25) is 0 Å². The Kier molecular flexibility index (Phi) is 4.05. The van der Waals surface area contributed by atoms with Crippen LogP contribution in [0.5, 0.6) is 0 Å². The molecule has 2 unspecified atom stereocenters. The SMILES string of the molecule is NNC(=O)c1ccoc1CN1CCOC2CCCCC21. The van der Waals surface area contributed by atoms with Crippen molar-refractivity contribution in [2.75, 3.05) is 13.2 Å². The highest BCUT2D eigenvalue weighted by molar-refractivity contribution is 5.94. The number of fused-ring (bicyclic) bond motifs is 1. The van der Waals surface area contributed by atoms with Crippen LogP contribution in [-0.4, -0.2) is 36.1 Å². The van der Waals surface area contributed by atoms with Crippen molar-refractivity contribution < 1.29 is 13.9 Å². The molecule has 0 spiro atoms. The third-order valence-corrected chi connectivity index (χ3v) is 4.31. The molecule has 2 atom stereocenters. The number of nitrogens with two attached hydrogens (primary N) is 1. The summed E-state index contributed by atoms with van der Waals surface area (Å²) in [6.45, 7) is 2.27. The van der Waals surface area contributed by atoms with E-state index in [0.29, 0.717) is 30.0 Å². The van der Waals surface area contributed by atoms with Crippen molar-refractivity contribution in [1.82, 2.24) is 10.3 Å². The molecular formula is C14H21N3O3. The number of furan rings is 1. The Morgan fingerprint density at radius 2 is 2.30 bits per heavy atom. The van der Waals surface area contributed by atoms with Crippen molar-refractivity contribution in [3.8, 4) is 0 Å². The Morgan fingerprint density at radius 1 is 1.45 bits per heavy atom. The number of carbonyl (C=O) groups excluding carboxylic acids is 1. The lowest BCUT2D eigenvalue weighted by Crippen LogP contribution is -2.52. The first-order valence-corrected chi connectivity index (χ1v) is 7.22. The zero-order chi connectivity index (χ0) is 13.9. The number of morpholine rings is 1. The third kappa shape index (κ3) is 2.59. The van der Waals surface area contributed by atoms with E-state index in [2.05, 4.69) is 10.3 Å². The van der Waals surface area contributed by atoms with Gasteiger partial charge in [0.2, 0.25) is 0 Å². The van der Waals surface area contributed by atoms with Gasteiger partial charge in [0.1, 0.15) is 5.76 Å². The van der Waals surface area contributed by atoms with E-state index >= 15 is 0 Å². The summed E-state index contributed by atoms with van der Waals surface area (Å²) in [5.74, 6) is 5.57. The van der Waals surface area contributed by atoms with Crippen LogP contribution in [0.25, 0.3) is 0 Å². The molecule has 1 aromatic rings. The highest BCUT2D eigenvalue weighted by Crippen LogP contribution is 2.30. The number of nitrogens with one attached hydrogen (secondary N) is 1. The van der Waals surface area contributed by atoms with Gasteiger partial charge in [0, 0.05) is 12.6 Å². The highest BCUT2D eigenvalue weighted by atomic mass is 16.5. The number of nitrogens with zero attached hydrogens (tertiary/aromatic N) is 1. The van der Waals surface area contributed by atoms with Crippen molar-refractivity contribution in [1.29, 1.82) is 0 Å². The second-order valence-corrected chi connectivity index (χ2v) is 5.46. The highest BCUT2D eigenvalue weighted by Gasteiger charge is 2.35. The van der Waals surface area contributed by atoms with Gasteiger partial charge < -0.3 is 9.15 Å². The molecule has 1 saturated heterocycles. The van der Waals surface area contributed by atoms with E-state index in [1.165, 1.54) is 12.8 Å². The van der Waals surface area contributed by atoms with Crippen LogP contribution < -0.4 is 11.3 Å². The second kappa shape index (κ2) is 5.95. The van der Waals surface area contributed by atoms with E-state index in [1.807, 2.05) is 0 Å². The molecule has 20 heavy (non-hydrogen) atoms. The summed E-state index contributed by atoms with van der Waals surface area (Å²) in [6, 6.07) is 2.10. The summed E-state index contributed by atoms with van der Waals surface area (Å²) in [5.41, 5.74) is 2.68. The summed E-state index contributed by atoms with van der Waals surface area (Å²) in [5, 5.41) is 0. The van der Waals surface area contributed by atoms with Gasteiger partial charge in [-0.1, -0.05) is 12.8 Å². The lowest BCUT2D eigenvalue weighted by Gasteiger charge is -2.43. The maximum Gasteiger partial charge on any atom is 0.268 e. The molecule has 2 aliphatic rings. The summed E-state index contributed by atoms with van der Waals surface area (Å²) in [4.78, 5) is 14.1. The number of carbonyl (C=O) groups is 1. The first-order chi connectivity index (χ1) is 9.79. The lowest BCUT2D eigenvalue weighted by molar-refractivity contribution is -0.0926. The predicted octanol–water partition coefficient (Wildman–Crippen LogP) is 1.03. The average molecular weight is 279 g/mol. The Balaban J connectivity index is 1.73. The Bertz CT molecular complexity index is 472. The minimum Gasteiger partial charge on any atom is -0.467 e. The zero-order valence-corrected chi connectivity index (χ0v) is 11.5. The standard InChI is InChI=1S/C14H21N3O3/c15-16-14(18)10-5-7-19-13(10)9-17-6-8-20-12-4-2-1-3-11(12)17/h5,7,11-12H,1-4,6,8-9,15H2,(H,16,18). The van der Waals surface area contributed by atoms with Crippen molar-refractivity contribution in [3.05, 3.63) is 23.7 Å². The molecule has 2 fully saturated rings. The molecule has 2 heterocycles. The van der Waals surface area contributed by atoms with Gasteiger partial charge in [-0.25, -0.2) is 5.84 Å². The van der Waals surface area contributed by atoms with Crippen LogP contribution in [-0.2, 0) is 11.3 Å². The fraction of sp³-hybridized carbons (Fsp3) is 0.643. The summed E-state index contributed by atoms with van der Waals surface area (Å²) < 4.78 is 11.3. The normalized spacial score (nSPS) is 27.1. The number of amides is 1. The smallest absolute Gasteiger partial charge is 0.268 e. The van der Waals surface area contributed by atoms with Crippen LogP contribution in [0.15, 0.2) is 16.7 Å². The molecule has 1 saturated carbocycles. The summed E-state index contributed by atoms with van der Waals surface area (Å²) in [7, 11) is 0. The summed E-state index contributed by atoms with van der Waals surface area (Å²) in [6.07, 6.45) is 6.66. The Hall–Kier alpha value is -1.37. The molecule has 6 nitrogen and oxygen atoms in total. The van der Waals surface area contributed by atoms with E-state index in [9.17, 15) is 4.79 Å². The van der Waals surface area contributed by atoms with Crippen LogP contribution in [0, 0.1) is 0 Å². The maximum absolute atomic E-state index is 11.7. The van der Waals surface area contributed by atoms with Gasteiger partial charge >= 0.3 is 0 Å². The van der Waals surface area contributed by atoms with E-state index in [4.69, 9.17) is 15.0 Å². The Labute approximate surface area is 118 Å². The van der Waals surface area contributed by atoms with Crippen LogP contribution >= 0.6 is 0 Å². The number of hydrogen-bond donors (Lipinski definition) is 2. The van der Waals surface area contributed by atoms with Gasteiger partial charge in [-0.05, 0) is 18.9 Å². The van der Waals surface area contributed by atoms with Crippen molar-refractivity contribution >= 4 is 5.91 Å². The van der Waals surface area contributed by atoms with Crippen molar-refractivity contribution in [2.45, 2.75) is 44.4 Å². The molecule has 110 valence electrons. The average Bonchev–Trinajstić information content (AvgIpc) is 2.95. The van der Waals surface area contributed by atoms with Gasteiger partial charge in [-0.2, -0.15) is 0 Å². The second-order valence-electron chi connectivity index (χ2n) is 5.46. The molecule has 1 aliphatic heterocycles. The third-order valence-electron chi connectivity index (χ3n) is 4.31. The fourth-order valence-electron chi connectivity index (χ4n) is 3.30. The van der Waals surface area contributed by atoms with Crippen molar-refractivity contribution in [3.63, 3.8) is 0 Å². The largest absolute Gasteiger partial charge is 0.467 e. The molecule has 0 radical (unpaired) electrons. The molecule has 1 amide bonds. The minimum atomic E-state index is -0.304. The van der Waals surface area contributed by atoms with Gasteiger partial charge in [0.15, 0.2) is 0 Å². The monoisotopic (exact) mass is 279 g/mol. The van der Waals surface area contributed by atoms with Crippen LogP contribution in [0.1, 0.15) is 41.8 Å². The van der Waals surface area contributed by atoms with E-state index in [0.717, 1.165) is 26.0 Å². The number of nitrogen functional groups attached to an aromatic ring is 1. The number of hydrogen-bond acceptors (Lipinski definition) is 5. The minimum absolute atomic E-state index is 0.304. The molecule has 0 bridgehead atoms. The summed E-state index contributed by atoms with van der Waals surface area (Å²) >= 11 is 0. The first-order valence-electron chi connectivity index (χ1n) is 7.22. The molecule has 0 aromatic carbocycles. The number of ether oxygens (including phenoxy) is 1. The van der Waals surface area contributed by atoms with E-state index < -0.39 is 0 Å². The first kappa shape index (κ1) is 13.6. The molecular weight excluding hydrogens is 258 g/mol. The van der Waals surface area contributed by atoms with Crippen molar-refractivity contribution in [2.24, 2.45) is 5.84 Å². The van der Waals surface area contributed by atoms with Gasteiger partial charge in [-0.15, -0.1) is 0 Å². The van der Waals surface area contributed by atoms with Gasteiger partial charge in [-0.3, -0.25) is 15.1 Å². The fourth-order valence-corrected chi connectivity index (χ4v) is 3.30. The Morgan fingerprint density at radius 3 is 3.15 bits per heavy atom. The van der Waals surface area contributed by atoms with Gasteiger partial charge in [0.05, 0.1) is 31.1 Å². The van der Waals surface area contributed by atoms with E-state index in [1.54, 1.807) is 12.3 Å². The topological polar surface area (TPSA) is 80.7 Å². The molecule has 3 N–H and O–H groups in total. The van der Waals surface area contributed by atoms with Crippen LogP contribution in [0.4, 0.5) is 0 Å². The maximum atomic E-state index is 11.7.